The SMILES string of the molecule is CS[C@@]1(CC#N)CC(c2ccc(Cl)cc2)=NO1. The van der Waals surface area contributed by atoms with E-state index in [4.69, 9.17) is 21.7 Å². The normalized spacial score (nSPS) is 22.8. The maximum atomic E-state index is 8.80. The Hall–Kier alpha value is -1.18. The van der Waals surface area contributed by atoms with E-state index >= 15 is 0 Å². The predicted molar refractivity (Wildman–Crippen MR) is 70.2 cm³/mol. The highest BCUT2D eigenvalue weighted by molar-refractivity contribution is 7.99. The van der Waals surface area contributed by atoms with Crippen molar-refractivity contribution in [1.82, 2.24) is 0 Å². The molecule has 88 valence electrons. The van der Waals surface area contributed by atoms with Crippen LogP contribution < -0.4 is 0 Å². The topological polar surface area (TPSA) is 45.4 Å². The highest BCUT2D eigenvalue weighted by atomic mass is 35.5. The molecule has 0 amide bonds. The van der Waals surface area contributed by atoms with Gasteiger partial charge in [-0.15, -0.1) is 11.8 Å². The van der Waals surface area contributed by atoms with E-state index in [1.54, 1.807) is 0 Å². The predicted octanol–water partition coefficient (Wildman–Crippen LogP) is 3.44. The van der Waals surface area contributed by atoms with Crippen molar-refractivity contribution in [2.24, 2.45) is 5.16 Å². The van der Waals surface area contributed by atoms with Gasteiger partial charge in [0.1, 0.15) is 0 Å². The second-order valence-electron chi connectivity index (χ2n) is 3.76. The van der Waals surface area contributed by atoms with Crippen LogP contribution in [0.3, 0.4) is 0 Å². The van der Waals surface area contributed by atoms with Crippen molar-refractivity contribution in [1.29, 1.82) is 5.26 Å². The van der Waals surface area contributed by atoms with Crippen molar-refractivity contribution in [3.05, 3.63) is 34.9 Å². The smallest absolute Gasteiger partial charge is 0.201 e. The third-order valence-corrected chi connectivity index (χ3v) is 4.02. The molecule has 0 aliphatic carbocycles. The minimum Gasteiger partial charge on any atom is -0.376 e. The van der Waals surface area contributed by atoms with Gasteiger partial charge in [-0.05, 0) is 24.0 Å². The molecule has 0 aromatic heterocycles. The molecule has 0 spiro atoms. The van der Waals surface area contributed by atoms with Crippen molar-refractivity contribution in [3.63, 3.8) is 0 Å². The Morgan fingerprint density at radius 2 is 2.24 bits per heavy atom. The Bertz CT molecular complexity index is 480. The van der Waals surface area contributed by atoms with E-state index in [1.165, 1.54) is 11.8 Å². The molecule has 0 radical (unpaired) electrons. The lowest BCUT2D eigenvalue weighted by atomic mass is 10.0. The molecule has 0 fully saturated rings. The summed E-state index contributed by atoms with van der Waals surface area (Å²) in [6.07, 6.45) is 2.90. The van der Waals surface area contributed by atoms with E-state index in [2.05, 4.69) is 11.2 Å². The highest BCUT2D eigenvalue weighted by Gasteiger charge is 2.38. The van der Waals surface area contributed by atoms with Gasteiger partial charge in [0.25, 0.3) is 0 Å². The molecule has 0 bridgehead atoms. The number of hydrogen-bond donors (Lipinski definition) is 0. The second kappa shape index (κ2) is 4.99. The van der Waals surface area contributed by atoms with Crippen LogP contribution in [-0.2, 0) is 4.84 Å². The first-order valence-corrected chi connectivity index (χ1v) is 6.72. The number of nitriles is 1. The van der Waals surface area contributed by atoms with E-state index in [0.717, 1.165) is 11.3 Å². The monoisotopic (exact) mass is 266 g/mol. The molecule has 1 atom stereocenters. The third kappa shape index (κ3) is 2.56. The Morgan fingerprint density at radius 3 is 2.82 bits per heavy atom. The molecular formula is C12H11ClN2OS. The molecule has 1 heterocycles. The zero-order chi connectivity index (χ0) is 12.3. The maximum Gasteiger partial charge on any atom is 0.201 e. The Kier molecular flexibility index (Phi) is 3.60. The fourth-order valence-electron chi connectivity index (χ4n) is 1.65. The lowest BCUT2D eigenvalue weighted by Gasteiger charge is -2.20. The van der Waals surface area contributed by atoms with Crippen LogP contribution >= 0.6 is 23.4 Å². The maximum absolute atomic E-state index is 8.80. The van der Waals surface area contributed by atoms with Crippen LogP contribution in [0.25, 0.3) is 0 Å². The van der Waals surface area contributed by atoms with Gasteiger partial charge in [-0.2, -0.15) is 5.26 Å². The van der Waals surface area contributed by atoms with Crippen LogP contribution in [0.2, 0.25) is 5.02 Å². The summed E-state index contributed by atoms with van der Waals surface area (Å²) in [5.41, 5.74) is 1.86. The molecular weight excluding hydrogens is 256 g/mol. The average molecular weight is 267 g/mol. The van der Waals surface area contributed by atoms with E-state index in [9.17, 15) is 0 Å². The van der Waals surface area contributed by atoms with Crippen molar-refractivity contribution in [3.8, 4) is 6.07 Å². The molecule has 0 saturated carbocycles. The first-order valence-electron chi connectivity index (χ1n) is 5.12. The van der Waals surface area contributed by atoms with Crippen molar-refractivity contribution >= 4 is 29.1 Å². The zero-order valence-corrected chi connectivity index (χ0v) is 10.9. The number of rotatable bonds is 3. The van der Waals surface area contributed by atoms with E-state index < -0.39 is 4.93 Å². The average Bonchev–Trinajstić information content (AvgIpc) is 2.76. The number of thioether (sulfide) groups is 1. The summed E-state index contributed by atoms with van der Waals surface area (Å²) in [5.74, 6) is 0. The number of nitrogens with zero attached hydrogens (tertiary/aromatic N) is 2. The number of oxime groups is 1. The van der Waals surface area contributed by atoms with Crippen LogP contribution in [0.15, 0.2) is 29.4 Å². The molecule has 2 rings (SSSR count). The molecule has 1 aliphatic heterocycles. The zero-order valence-electron chi connectivity index (χ0n) is 9.31. The summed E-state index contributed by atoms with van der Waals surface area (Å²) in [5, 5.41) is 13.6. The van der Waals surface area contributed by atoms with Gasteiger partial charge in [-0.1, -0.05) is 28.9 Å². The molecule has 1 aromatic carbocycles. The van der Waals surface area contributed by atoms with Crippen LogP contribution in [0, 0.1) is 11.3 Å². The van der Waals surface area contributed by atoms with Crippen LogP contribution in [0.4, 0.5) is 0 Å². The van der Waals surface area contributed by atoms with E-state index in [1.807, 2.05) is 30.5 Å². The molecule has 1 aromatic rings. The van der Waals surface area contributed by atoms with Crippen LogP contribution in [0.5, 0.6) is 0 Å². The molecule has 1 aliphatic rings. The van der Waals surface area contributed by atoms with Crippen molar-refractivity contribution < 1.29 is 4.84 Å². The Morgan fingerprint density at radius 1 is 1.53 bits per heavy atom. The van der Waals surface area contributed by atoms with Gasteiger partial charge in [-0.3, -0.25) is 0 Å². The minimum absolute atomic E-state index is 0.328. The van der Waals surface area contributed by atoms with Gasteiger partial charge in [0, 0.05) is 11.4 Å². The fraction of sp³-hybridized carbons (Fsp3) is 0.333. The number of halogens is 1. The van der Waals surface area contributed by atoms with Crippen molar-refractivity contribution in [2.75, 3.05) is 6.26 Å². The third-order valence-electron chi connectivity index (χ3n) is 2.66. The van der Waals surface area contributed by atoms with E-state index in [0.29, 0.717) is 17.9 Å². The standard InChI is InChI=1S/C12H11ClN2OS/c1-17-12(6-7-14)8-11(15-16-12)9-2-4-10(13)5-3-9/h2-5H,6,8H2,1H3/t12-/m0/s1. The fourth-order valence-corrected chi connectivity index (χ4v) is 2.38. The van der Waals surface area contributed by atoms with Gasteiger partial charge in [0.05, 0.1) is 18.2 Å². The van der Waals surface area contributed by atoms with E-state index in [-0.39, 0.29) is 0 Å². The summed E-state index contributed by atoms with van der Waals surface area (Å²) in [4.78, 5) is 4.90. The van der Waals surface area contributed by atoms with Gasteiger partial charge in [0.2, 0.25) is 4.93 Å². The molecule has 5 heteroatoms. The lowest BCUT2D eigenvalue weighted by Crippen LogP contribution is -2.23. The second-order valence-corrected chi connectivity index (χ2v) is 5.35. The lowest BCUT2D eigenvalue weighted by molar-refractivity contribution is 0.0607. The molecule has 0 N–H and O–H groups in total. The summed E-state index contributed by atoms with van der Waals surface area (Å²) < 4.78 is 0. The minimum atomic E-state index is -0.524. The summed E-state index contributed by atoms with van der Waals surface area (Å²) in [6.45, 7) is 0. The molecule has 17 heavy (non-hydrogen) atoms. The van der Waals surface area contributed by atoms with Gasteiger partial charge in [0.15, 0.2) is 0 Å². The van der Waals surface area contributed by atoms with Crippen LogP contribution in [-0.4, -0.2) is 16.9 Å². The van der Waals surface area contributed by atoms with Gasteiger partial charge >= 0.3 is 0 Å². The molecule has 0 unspecified atom stereocenters. The van der Waals surface area contributed by atoms with Crippen LogP contribution in [0.1, 0.15) is 18.4 Å². The first-order chi connectivity index (χ1) is 8.19. The molecule has 0 saturated heterocycles. The Labute approximate surface area is 109 Å². The van der Waals surface area contributed by atoms with Gasteiger partial charge in [-0.25, -0.2) is 0 Å². The first kappa shape index (κ1) is 12.3. The Balaban J connectivity index is 2.16. The van der Waals surface area contributed by atoms with Gasteiger partial charge < -0.3 is 4.84 Å². The van der Waals surface area contributed by atoms with Crippen molar-refractivity contribution in [2.45, 2.75) is 17.8 Å². The summed E-state index contributed by atoms with van der Waals surface area (Å²) in [6, 6.07) is 9.61. The quantitative estimate of drug-likeness (QED) is 0.842. The summed E-state index contributed by atoms with van der Waals surface area (Å²) in [7, 11) is 0. The summed E-state index contributed by atoms with van der Waals surface area (Å²) >= 11 is 7.35. The largest absolute Gasteiger partial charge is 0.376 e. The molecule has 3 nitrogen and oxygen atoms in total. The highest BCUT2D eigenvalue weighted by Crippen LogP contribution is 2.38. The number of hydrogen-bond acceptors (Lipinski definition) is 4. The number of benzene rings is 1.